The molecule has 5 heterocycles. The van der Waals surface area contributed by atoms with Gasteiger partial charge in [0.15, 0.2) is 0 Å². The first-order valence-electron chi connectivity index (χ1n) is 10.9. The molecule has 5 rings (SSSR count). The van der Waals surface area contributed by atoms with Gasteiger partial charge in [-0.3, -0.25) is 4.79 Å². The monoisotopic (exact) mass is 417 g/mol. The molecule has 2 N–H and O–H groups in total. The van der Waals surface area contributed by atoms with Gasteiger partial charge in [0.1, 0.15) is 5.65 Å². The van der Waals surface area contributed by atoms with Crippen LogP contribution in [0.3, 0.4) is 0 Å². The SMILES string of the molecule is CC(C)CNc1ncc2c(-c3ccn4ncc(C(=O)N5CCCCC5)c4c3)c[nH]c2n1. The molecule has 1 aliphatic rings. The zero-order valence-electron chi connectivity index (χ0n) is 17.9. The van der Waals surface area contributed by atoms with Crippen LogP contribution in [0, 0.1) is 5.92 Å². The fraction of sp³-hybridized carbons (Fsp3) is 0.391. The predicted molar refractivity (Wildman–Crippen MR) is 121 cm³/mol. The van der Waals surface area contributed by atoms with Crippen LogP contribution in [-0.2, 0) is 0 Å². The molecule has 0 radical (unpaired) electrons. The molecule has 1 fully saturated rings. The maximum Gasteiger partial charge on any atom is 0.257 e. The maximum atomic E-state index is 13.1. The summed E-state index contributed by atoms with van der Waals surface area (Å²) in [5.41, 5.74) is 4.26. The highest BCUT2D eigenvalue weighted by molar-refractivity contribution is 6.02. The summed E-state index contributed by atoms with van der Waals surface area (Å²) in [6, 6.07) is 4.03. The minimum absolute atomic E-state index is 0.0648. The number of hydrogen-bond acceptors (Lipinski definition) is 5. The number of H-pyrrole nitrogens is 1. The first-order chi connectivity index (χ1) is 15.1. The lowest BCUT2D eigenvalue weighted by Crippen LogP contribution is -2.35. The first kappa shape index (κ1) is 19.5. The van der Waals surface area contributed by atoms with E-state index in [0.717, 1.165) is 60.2 Å². The van der Waals surface area contributed by atoms with Crippen LogP contribution in [0.5, 0.6) is 0 Å². The lowest BCUT2D eigenvalue weighted by molar-refractivity contribution is 0.0726. The third-order valence-electron chi connectivity index (χ3n) is 5.81. The van der Waals surface area contributed by atoms with Crippen LogP contribution in [0.15, 0.2) is 36.9 Å². The van der Waals surface area contributed by atoms with Gasteiger partial charge in [0.2, 0.25) is 5.95 Å². The number of hydrogen-bond donors (Lipinski definition) is 2. The Morgan fingerprint density at radius 2 is 2.06 bits per heavy atom. The Balaban J connectivity index is 1.49. The molecular formula is C23H27N7O. The summed E-state index contributed by atoms with van der Waals surface area (Å²) >= 11 is 0. The van der Waals surface area contributed by atoms with Crippen LogP contribution in [0.2, 0.25) is 0 Å². The molecule has 8 nitrogen and oxygen atoms in total. The van der Waals surface area contributed by atoms with Gasteiger partial charge in [-0.1, -0.05) is 13.8 Å². The summed E-state index contributed by atoms with van der Waals surface area (Å²) in [4.78, 5) is 27.3. The van der Waals surface area contributed by atoms with Gasteiger partial charge in [0.25, 0.3) is 5.91 Å². The molecule has 8 heteroatoms. The van der Waals surface area contributed by atoms with E-state index < -0.39 is 0 Å². The summed E-state index contributed by atoms with van der Waals surface area (Å²) in [5.74, 6) is 1.20. The molecular weight excluding hydrogens is 390 g/mol. The second-order valence-electron chi connectivity index (χ2n) is 8.59. The fourth-order valence-electron chi connectivity index (χ4n) is 4.11. The standard InChI is InChI=1S/C23H27N7O/c1-15(2)11-25-23-26-13-18-17(12-24-21(18)28-23)16-6-9-30-20(10-16)19(14-27-30)22(31)29-7-4-3-5-8-29/h6,9-10,12-15H,3-5,7-8,11H2,1-2H3,(H2,24,25,26,28). The molecule has 4 aromatic heterocycles. The molecule has 0 aromatic carbocycles. The smallest absolute Gasteiger partial charge is 0.257 e. The molecule has 0 saturated carbocycles. The Hall–Kier alpha value is -3.42. The highest BCUT2D eigenvalue weighted by atomic mass is 16.2. The molecule has 0 unspecified atom stereocenters. The Bertz CT molecular complexity index is 1230. The van der Waals surface area contributed by atoms with Gasteiger partial charge in [-0.2, -0.15) is 10.1 Å². The third-order valence-corrected chi connectivity index (χ3v) is 5.81. The summed E-state index contributed by atoms with van der Waals surface area (Å²) in [6.07, 6.45) is 10.7. The van der Waals surface area contributed by atoms with Crippen molar-refractivity contribution in [2.45, 2.75) is 33.1 Å². The van der Waals surface area contributed by atoms with Crippen LogP contribution in [0.1, 0.15) is 43.5 Å². The number of carbonyl (C=O) groups is 1. The second-order valence-corrected chi connectivity index (χ2v) is 8.59. The van der Waals surface area contributed by atoms with E-state index in [1.807, 2.05) is 35.6 Å². The van der Waals surface area contributed by atoms with Gasteiger partial charge in [-0.25, -0.2) is 9.50 Å². The van der Waals surface area contributed by atoms with E-state index in [0.29, 0.717) is 17.4 Å². The van der Waals surface area contributed by atoms with Gasteiger partial charge >= 0.3 is 0 Å². The van der Waals surface area contributed by atoms with Crippen LogP contribution < -0.4 is 5.32 Å². The van der Waals surface area contributed by atoms with Crippen molar-refractivity contribution >= 4 is 28.4 Å². The van der Waals surface area contributed by atoms with Crippen LogP contribution >= 0.6 is 0 Å². The summed E-state index contributed by atoms with van der Waals surface area (Å²) in [6.45, 7) is 6.76. The predicted octanol–water partition coefficient (Wildman–Crippen LogP) is 3.97. The number of nitrogens with zero attached hydrogens (tertiary/aromatic N) is 5. The van der Waals surface area contributed by atoms with E-state index in [2.05, 4.69) is 39.2 Å². The summed E-state index contributed by atoms with van der Waals surface area (Å²) in [5, 5.41) is 8.60. The number of nitrogens with one attached hydrogen (secondary N) is 2. The minimum Gasteiger partial charge on any atom is -0.354 e. The number of amides is 1. The van der Waals surface area contributed by atoms with Gasteiger partial charge < -0.3 is 15.2 Å². The lowest BCUT2D eigenvalue weighted by Gasteiger charge is -2.26. The van der Waals surface area contributed by atoms with Crippen molar-refractivity contribution in [3.8, 4) is 11.1 Å². The molecule has 0 spiro atoms. The van der Waals surface area contributed by atoms with Crippen molar-refractivity contribution in [3.63, 3.8) is 0 Å². The van der Waals surface area contributed by atoms with Crippen LogP contribution in [0.25, 0.3) is 27.7 Å². The lowest BCUT2D eigenvalue weighted by atomic mass is 10.1. The van der Waals surface area contributed by atoms with E-state index in [1.54, 1.807) is 10.7 Å². The normalized spacial score (nSPS) is 14.6. The number of anilines is 1. The van der Waals surface area contributed by atoms with E-state index >= 15 is 0 Å². The second kappa shape index (κ2) is 8.02. The van der Waals surface area contributed by atoms with Crippen molar-refractivity contribution < 1.29 is 4.79 Å². The van der Waals surface area contributed by atoms with Crippen molar-refractivity contribution in [2.24, 2.45) is 5.92 Å². The number of rotatable bonds is 5. The Kier molecular flexibility index (Phi) is 5.05. The summed E-state index contributed by atoms with van der Waals surface area (Å²) in [7, 11) is 0. The van der Waals surface area contributed by atoms with Crippen molar-refractivity contribution in [3.05, 3.63) is 42.5 Å². The fourth-order valence-corrected chi connectivity index (χ4v) is 4.11. The maximum absolute atomic E-state index is 13.1. The number of piperidine rings is 1. The molecule has 0 bridgehead atoms. The molecule has 1 aliphatic heterocycles. The quantitative estimate of drug-likeness (QED) is 0.513. The highest BCUT2D eigenvalue weighted by Crippen LogP contribution is 2.29. The highest BCUT2D eigenvalue weighted by Gasteiger charge is 2.22. The number of pyridine rings is 1. The Morgan fingerprint density at radius 3 is 2.87 bits per heavy atom. The first-order valence-corrected chi connectivity index (χ1v) is 10.9. The largest absolute Gasteiger partial charge is 0.354 e. The van der Waals surface area contributed by atoms with E-state index in [9.17, 15) is 4.79 Å². The van der Waals surface area contributed by atoms with E-state index in [1.165, 1.54) is 6.42 Å². The number of carbonyl (C=O) groups excluding carboxylic acids is 1. The van der Waals surface area contributed by atoms with Crippen molar-refractivity contribution in [1.82, 2.24) is 29.5 Å². The molecule has 160 valence electrons. The number of likely N-dealkylation sites (tertiary alicyclic amines) is 1. The van der Waals surface area contributed by atoms with E-state index in [4.69, 9.17) is 0 Å². The van der Waals surface area contributed by atoms with Crippen LogP contribution in [-0.4, -0.2) is 55.0 Å². The zero-order valence-corrected chi connectivity index (χ0v) is 17.9. The van der Waals surface area contributed by atoms with E-state index in [-0.39, 0.29) is 5.91 Å². The Morgan fingerprint density at radius 1 is 1.23 bits per heavy atom. The molecule has 1 amide bonds. The molecule has 31 heavy (non-hydrogen) atoms. The molecule has 4 aromatic rings. The number of aromatic nitrogens is 5. The van der Waals surface area contributed by atoms with Crippen molar-refractivity contribution in [2.75, 3.05) is 25.0 Å². The molecule has 0 aliphatic carbocycles. The zero-order chi connectivity index (χ0) is 21.4. The van der Waals surface area contributed by atoms with Gasteiger partial charge in [-0.15, -0.1) is 0 Å². The minimum atomic E-state index is 0.0648. The van der Waals surface area contributed by atoms with Gasteiger partial charge in [0, 0.05) is 49.2 Å². The molecule has 1 saturated heterocycles. The Labute approximate surface area is 180 Å². The topological polar surface area (TPSA) is 91.2 Å². The summed E-state index contributed by atoms with van der Waals surface area (Å²) < 4.78 is 1.76. The molecule has 0 atom stereocenters. The van der Waals surface area contributed by atoms with Gasteiger partial charge in [0.05, 0.1) is 17.3 Å². The average molecular weight is 418 g/mol. The number of aromatic amines is 1. The van der Waals surface area contributed by atoms with Crippen molar-refractivity contribution in [1.29, 1.82) is 0 Å². The number of fused-ring (bicyclic) bond motifs is 2. The van der Waals surface area contributed by atoms with Crippen LogP contribution in [0.4, 0.5) is 5.95 Å². The van der Waals surface area contributed by atoms with Gasteiger partial charge in [-0.05, 0) is 42.9 Å². The average Bonchev–Trinajstić information content (AvgIpc) is 3.41. The third kappa shape index (κ3) is 3.73.